The van der Waals surface area contributed by atoms with E-state index in [1.54, 1.807) is 0 Å². The van der Waals surface area contributed by atoms with Crippen molar-refractivity contribution in [3.05, 3.63) is 0 Å². The average Bonchev–Trinajstić information content (AvgIpc) is 1.94. The number of hydrogen-bond donors (Lipinski definition) is 0. The topological polar surface area (TPSA) is 26.3 Å². The van der Waals surface area contributed by atoms with Crippen LogP contribution in [-0.4, -0.2) is 12.6 Å². The fourth-order valence-corrected chi connectivity index (χ4v) is 1.84. The standard InChI is InChI=1S/C13H26O2/c1-10(2)8-15-11(14)13(6,7)9-12(3,4)5/h10H,8-9H2,1-7H3. The van der Waals surface area contributed by atoms with Gasteiger partial charge in [-0.1, -0.05) is 34.6 Å². The Kier molecular flexibility index (Phi) is 4.82. The number of hydrogen-bond acceptors (Lipinski definition) is 2. The summed E-state index contributed by atoms with van der Waals surface area (Å²) in [4.78, 5) is 11.8. The lowest BCUT2D eigenvalue weighted by Gasteiger charge is -2.30. The molecular weight excluding hydrogens is 188 g/mol. The van der Waals surface area contributed by atoms with E-state index in [2.05, 4.69) is 20.8 Å². The van der Waals surface area contributed by atoms with Gasteiger partial charge in [0.15, 0.2) is 0 Å². The van der Waals surface area contributed by atoms with Crippen molar-refractivity contribution in [2.45, 2.75) is 54.9 Å². The number of carbonyl (C=O) groups is 1. The van der Waals surface area contributed by atoms with Gasteiger partial charge in [0.1, 0.15) is 0 Å². The molecule has 0 aliphatic carbocycles. The minimum atomic E-state index is -0.382. The van der Waals surface area contributed by atoms with Crippen molar-refractivity contribution in [1.82, 2.24) is 0 Å². The quantitative estimate of drug-likeness (QED) is 0.668. The average molecular weight is 214 g/mol. The van der Waals surface area contributed by atoms with Crippen LogP contribution < -0.4 is 0 Å². The van der Waals surface area contributed by atoms with Crippen LogP contribution in [0, 0.1) is 16.7 Å². The van der Waals surface area contributed by atoms with Crippen molar-refractivity contribution in [3.63, 3.8) is 0 Å². The molecule has 0 heterocycles. The van der Waals surface area contributed by atoms with Crippen LogP contribution in [0.2, 0.25) is 0 Å². The second kappa shape index (κ2) is 5.00. The van der Waals surface area contributed by atoms with Gasteiger partial charge < -0.3 is 4.74 Å². The molecule has 0 unspecified atom stereocenters. The maximum Gasteiger partial charge on any atom is 0.311 e. The van der Waals surface area contributed by atoms with E-state index in [1.165, 1.54) is 0 Å². The molecule has 0 aliphatic heterocycles. The molecule has 0 amide bonds. The Morgan fingerprint density at radius 2 is 1.60 bits per heavy atom. The minimum Gasteiger partial charge on any atom is -0.465 e. The monoisotopic (exact) mass is 214 g/mol. The molecule has 0 atom stereocenters. The molecule has 2 heteroatoms. The van der Waals surface area contributed by atoms with Crippen molar-refractivity contribution in [2.24, 2.45) is 16.7 Å². The fourth-order valence-electron chi connectivity index (χ4n) is 1.84. The van der Waals surface area contributed by atoms with Crippen LogP contribution in [-0.2, 0) is 9.53 Å². The molecule has 0 aromatic rings. The van der Waals surface area contributed by atoms with Gasteiger partial charge in [-0.15, -0.1) is 0 Å². The van der Waals surface area contributed by atoms with Crippen molar-refractivity contribution in [2.75, 3.05) is 6.61 Å². The Morgan fingerprint density at radius 3 is 1.93 bits per heavy atom. The molecule has 15 heavy (non-hydrogen) atoms. The molecule has 0 rings (SSSR count). The first-order valence-corrected chi connectivity index (χ1v) is 5.72. The molecule has 0 aromatic heterocycles. The molecule has 0 N–H and O–H groups in total. The van der Waals surface area contributed by atoms with Gasteiger partial charge in [-0.05, 0) is 31.6 Å². The lowest BCUT2D eigenvalue weighted by molar-refractivity contribution is -0.156. The van der Waals surface area contributed by atoms with Crippen molar-refractivity contribution in [1.29, 1.82) is 0 Å². The Hall–Kier alpha value is -0.530. The highest BCUT2D eigenvalue weighted by Gasteiger charge is 2.33. The molecule has 0 saturated carbocycles. The number of esters is 1. The van der Waals surface area contributed by atoms with E-state index in [9.17, 15) is 4.79 Å². The van der Waals surface area contributed by atoms with Crippen molar-refractivity contribution >= 4 is 5.97 Å². The predicted octanol–water partition coefficient (Wildman–Crippen LogP) is 3.65. The van der Waals surface area contributed by atoms with Gasteiger partial charge in [0.2, 0.25) is 0 Å². The summed E-state index contributed by atoms with van der Waals surface area (Å²) in [5.41, 5.74) is -0.229. The predicted molar refractivity (Wildman–Crippen MR) is 63.7 cm³/mol. The smallest absolute Gasteiger partial charge is 0.311 e. The highest BCUT2D eigenvalue weighted by molar-refractivity contribution is 5.75. The first-order valence-electron chi connectivity index (χ1n) is 5.72. The first-order chi connectivity index (χ1) is 6.54. The number of rotatable bonds is 4. The molecular formula is C13H26O2. The Morgan fingerprint density at radius 1 is 1.13 bits per heavy atom. The third kappa shape index (κ3) is 6.53. The van der Waals surface area contributed by atoms with E-state index in [0.29, 0.717) is 12.5 Å². The van der Waals surface area contributed by atoms with E-state index in [4.69, 9.17) is 4.74 Å². The highest BCUT2D eigenvalue weighted by atomic mass is 16.5. The number of ether oxygens (including phenoxy) is 1. The van der Waals surface area contributed by atoms with Crippen LogP contribution in [0.25, 0.3) is 0 Å². The zero-order valence-electron chi connectivity index (χ0n) is 11.3. The fraction of sp³-hybridized carbons (Fsp3) is 0.923. The maximum absolute atomic E-state index is 11.8. The van der Waals surface area contributed by atoms with Crippen molar-refractivity contribution in [3.8, 4) is 0 Å². The van der Waals surface area contributed by atoms with E-state index < -0.39 is 0 Å². The second-order valence-electron chi connectivity index (χ2n) is 6.61. The van der Waals surface area contributed by atoms with Crippen LogP contribution in [0.15, 0.2) is 0 Å². The molecule has 0 fully saturated rings. The third-order valence-electron chi connectivity index (χ3n) is 2.07. The van der Waals surface area contributed by atoms with E-state index in [0.717, 1.165) is 6.42 Å². The third-order valence-corrected chi connectivity index (χ3v) is 2.07. The molecule has 2 nitrogen and oxygen atoms in total. The molecule has 90 valence electrons. The summed E-state index contributed by atoms with van der Waals surface area (Å²) >= 11 is 0. The van der Waals surface area contributed by atoms with Crippen LogP contribution in [0.5, 0.6) is 0 Å². The normalized spacial score (nSPS) is 13.1. The van der Waals surface area contributed by atoms with Gasteiger partial charge in [0.05, 0.1) is 12.0 Å². The van der Waals surface area contributed by atoms with E-state index >= 15 is 0 Å². The highest BCUT2D eigenvalue weighted by Crippen LogP contribution is 2.34. The van der Waals surface area contributed by atoms with Crippen LogP contribution >= 0.6 is 0 Å². The van der Waals surface area contributed by atoms with Gasteiger partial charge in [0.25, 0.3) is 0 Å². The van der Waals surface area contributed by atoms with E-state index in [-0.39, 0.29) is 16.8 Å². The van der Waals surface area contributed by atoms with Gasteiger partial charge in [-0.25, -0.2) is 0 Å². The molecule has 0 aromatic carbocycles. The largest absolute Gasteiger partial charge is 0.465 e. The maximum atomic E-state index is 11.8. The van der Waals surface area contributed by atoms with Crippen LogP contribution in [0.1, 0.15) is 54.9 Å². The van der Waals surface area contributed by atoms with Gasteiger partial charge >= 0.3 is 5.97 Å². The minimum absolute atomic E-state index is 0.0777. The Balaban J connectivity index is 4.27. The summed E-state index contributed by atoms with van der Waals surface area (Å²) in [5.74, 6) is 0.325. The number of carbonyl (C=O) groups excluding carboxylic acids is 1. The molecule has 0 spiro atoms. The van der Waals surface area contributed by atoms with Gasteiger partial charge in [-0.3, -0.25) is 4.79 Å². The second-order valence-corrected chi connectivity index (χ2v) is 6.61. The molecule has 0 saturated heterocycles. The summed E-state index contributed by atoms with van der Waals surface area (Å²) in [6, 6.07) is 0. The summed E-state index contributed by atoms with van der Waals surface area (Å²) < 4.78 is 5.28. The summed E-state index contributed by atoms with van der Waals surface area (Å²) in [5, 5.41) is 0. The van der Waals surface area contributed by atoms with Gasteiger partial charge in [-0.2, -0.15) is 0 Å². The molecule has 0 bridgehead atoms. The molecule has 0 radical (unpaired) electrons. The van der Waals surface area contributed by atoms with Crippen molar-refractivity contribution < 1.29 is 9.53 Å². The zero-order valence-corrected chi connectivity index (χ0v) is 11.3. The van der Waals surface area contributed by atoms with E-state index in [1.807, 2.05) is 27.7 Å². The Labute approximate surface area is 94.4 Å². The van der Waals surface area contributed by atoms with Gasteiger partial charge in [0, 0.05) is 0 Å². The first kappa shape index (κ1) is 14.5. The SMILES string of the molecule is CC(C)COC(=O)C(C)(C)CC(C)(C)C. The Bertz CT molecular complexity index is 209. The zero-order chi connectivity index (χ0) is 12.3. The summed E-state index contributed by atoms with van der Waals surface area (Å²) in [6.07, 6.45) is 0.844. The molecule has 0 aliphatic rings. The summed E-state index contributed by atoms with van der Waals surface area (Å²) in [7, 11) is 0. The summed E-state index contributed by atoms with van der Waals surface area (Å²) in [6.45, 7) is 15.0. The van der Waals surface area contributed by atoms with Crippen LogP contribution in [0.3, 0.4) is 0 Å². The lowest BCUT2D eigenvalue weighted by Crippen LogP contribution is -2.31. The van der Waals surface area contributed by atoms with Crippen LogP contribution in [0.4, 0.5) is 0 Å². The lowest BCUT2D eigenvalue weighted by atomic mass is 9.76.